The van der Waals surface area contributed by atoms with Crippen molar-refractivity contribution in [1.82, 2.24) is 9.55 Å². The van der Waals surface area contributed by atoms with Crippen LogP contribution in [-0.4, -0.2) is 48.8 Å². The summed E-state index contributed by atoms with van der Waals surface area (Å²) < 4.78 is 18.3. The summed E-state index contributed by atoms with van der Waals surface area (Å²) in [7, 11) is 3.13. The Morgan fingerprint density at radius 3 is 2.50 bits per heavy atom. The molecule has 1 aromatic heterocycles. The smallest absolute Gasteiger partial charge is 0.321 e. The molecule has 0 bridgehead atoms. The Balaban J connectivity index is 1.95. The van der Waals surface area contributed by atoms with Gasteiger partial charge in [-0.1, -0.05) is 38.0 Å². The number of carbonyl (C=O) groups is 2. The lowest BCUT2D eigenvalue weighted by Crippen LogP contribution is -2.50. The Labute approximate surface area is 199 Å². The number of benzene rings is 2. The quantitative estimate of drug-likeness (QED) is 0.265. The molecule has 1 aliphatic rings. The number of aromatic nitrogens is 2. The average molecular weight is 466 g/mol. The average Bonchev–Trinajstić information content (AvgIpc) is 3.23. The molecule has 180 valence electrons. The van der Waals surface area contributed by atoms with Gasteiger partial charge in [0.1, 0.15) is 0 Å². The first-order chi connectivity index (χ1) is 16.5. The van der Waals surface area contributed by atoms with Crippen molar-refractivity contribution in [1.29, 1.82) is 0 Å². The van der Waals surface area contributed by atoms with E-state index in [4.69, 9.17) is 19.2 Å². The zero-order valence-electron chi connectivity index (χ0n) is 20.1. The van der Waals surface area contributed by atoms with Crippen LogP contribution in [-0.2, 0) is 14.3 Å². The number of amides is 1. The topological polar surface area (TPSA) is 82.9 Å². The molecule has 8 nitrogen and oxygen atoms in total. The molecular weight excluding hydrogens is 434 g/mol. The maximum Gasteiger partial charge on any atom is 0.321 e. The lowest BCUT2D eigenvalue weighted by atomic mass is 9.89. The van der Waals surface area contributed by atoms with Crippen molar-refractivity contribution in [3.05, 3.63) is 48.0 Å². The van der Waals surface area contributed by atoms with Gasteiger partial charge in [0.25, 0.3) is 0 Å². The van der Waals surface area contributed by atoms with Crippen LogP contribution in [0.4, 0.5) is 5.95 Å². The second-order valence-corrected chi connectivity index (χ2v) is 8.26. The van der Waals surface area contributed by atoms with Gasteiger partial charge in [0.15, 0.2) is 17.4 Å². The van der Waals surface area contributed by atoms with Crippen molar-refractivity contribution in [2.24, 2.45) is 5.92 Å². The number of carbonyl (C=O) groups excluding carboxylic acids is 2. The number of unbranched alkanes of at least 4 members (excludes halogenated alkanes) is 2. The third-order valence-electron chi connectivity index (χ3n) is 6.22. The zero-order valence-corrected chi connectivity index (χ0v) is 20.1. The Morgan fingerprint density at radius 1 is 1.03 bits per heavy atom. The van der Waals surface area contributed by atoms with E-state index in [9.17, 15) is 9.59 Å². The van der Waals surface area contributed by atoms with Gasteiger partial charge in [0, 0.05) is 6.54 Å². The number of ether oxygens (including phenoxy) is 3. The molecule has 0 fully saturated rings. The van der Waals surface area contributed by atoms with Crippen LogP contribution in [0.2, 0.25) is 0 Å². The number of anilines is 1. The van der Waals surface area contributed by atoms with Crippen LogP contribution in [0.1, 0.15) is 44.7 Å². The van der Waals surface area contributed by atoms with E-state index in [1.165, 1.54) is 0 Å². The molecule has 0 unspecified atom stereocenters. The summed E-state index contributed by atoms with van der Waals surface area (Å²) in [5.41, 5.74) is 2.35. The number of imidazole rings is 1. The van der Waals surface area contributed by atoms with Crippen LogP contribution in [0.3, 0.4) is 0 Å². The molecule has 0 saturated heterocycles. The van der Waals surface area contributed by atoms with Crippen molar-refractivity contribution in [2.75, 3.05) is 32.3 Å². The van der Waals surface area contributed by atoms with E-state index in [0.29, 0.717) is 24.0 Å². The summed E-state index contributed by atoms with van der Waals surface area (Å²) in [4.78, 5) is 33.6. The fourth-order valence-electron chi connectivity index (χ4n) is 4.62. The van der Waals surface area contributed by atoms with Gasteiger partial charge in [-0.05, 0) is 43.2 Å². The second-order valence-electron chi connectivity index (χ2n) is 8.26. The highest BCUT2D eigenvalue weighted by molar-refractivity contribution is 6.08. The first kappa shape index (κ1) is 23.6. The van der Waals surface area contributed by atoms with Gasteiger partial charge in [-0.15, -0.1) is 0 Å². The predicted octanol–water partition coefficient (Wildman–Crippen LogP) is 4.36. The number of hydrogen-bond acceptors (Lipinski definition) is 6. The fraction of sp³-hybridized carbons (Fsp3) is 0.423. The molecule has 1 amide bonds. The highest BCUT2D eigenvalue weighted by Gasteiger charge is 2.47. The Morgan fingerprint density at radius 2 is 1.79 bits per heavy atom. The van der Waals surface area contributed by atoms with Crippen LogP contribution >= 0.6 is 0 Å². The van der Waals surface area contributed by atoms with Crippen molar-refractivity contribution >= 4 is 28.9 Å². The fourth-order valence-corrected chi connectivity index (χ4v) is 4.62. The number of esters is 1. The number of para-hydroxylation sites is 2. The minimum atomic E-state index is -1.05. The molecule has 0 N–H and O–H groups in total. The van der Waals surface area contributed by atoms with E-state index >= 15 is 0 Å². The van der Waals surface area contributed by atoms with Crippen LogP contribution < -0.4 is 14.4 Å². The molecule has 2 heterocycles. The van der Waals surface area contributed by atoms with E-state index in [-0.39, 0.29) is 12.5 Å². The molecule has 0 aliphatic carbocycles. The van der Waals surface area contributed by atoms with Crippen molar-refractivity contribution in [3.8, 4) is 11.5 Å². The maximum atomic E-state index is 13.9. The van der Waals surface area contributed by atoms with Crippen molar-refractivity contribution in [2.45, 2.75) is 39.2 Å². The summed E-state index contributed by atoms with van der Waals surface area (Å²) in [5, 5.41) is 0. The van der Waals surface area contributed by atoms with Gasteiger partial charge in [-0.25, -0.2) is 4.98 Å². The molecule has 1 aliphatic heterocycles. The summed E-state index contributed by atoms with van der Waals surface area (Å²) >= 11 is 0. The zero-order chi connectivity index (χ0) is 24.2. The van der Waals surface area contributed by atoms with E-state index in [1.807, 2.05) is 41.0 Å². The normalized spacial score (nSPS) is 17.5. The third-order valence-corrected chi connectivity index (χ3v) is 6.22. The number of methoxy groups -OCH3 is 2. The van der Waals surface area contributed by atoms with Gasteiger partial charge >= 0.3 is 5.97 Å². The van der Waals surface area contributed by atoms with Crippen LogP contribution in [0.15, 0.2) is 42.5 Å². The number of nitrogens with zero attached hydrogens (tertiary/aromatic N) is 3. The lowest BCUT2D eigenvalue weighted by molar-refractivity contribution is -0.153. The minimum absolute atomic E-state index is 0.189. The molecule has 8 heteroatoms. The van der Waals surface area contributed by atoms with Gasteiger partial charge in [-0.2, -0.15) is 0 Å². The van der Waals surface area contributed by atoms with E-state index in [0.717, 1.165) is 35.9 Å². The molecule has 2 atom stereocenters. The molecule has 34 heavy (non-hydrogen) atoms. The highest BCUT2D eigenvalue weighted by atomic mass is 16.5. The van der Waals surface area contributed by atoms with Crippen LogP contribution in [0.25, 0.3) is 11.0 Å². The summed E-state index contributed by atoms with van der Waals surface area (Å²) in [6, 6.07) is 12.5. The van der Waals surface area contributed by atoms with E-state index < -0.39 is 17.9 Å². The lowest BCUT2D eigenvalue weighted by Gasteiger charge is -2.38. The molecule has 2 aromatic carbocycles. The van der Waals surface area contributed by atoms with Gasteiger partial charge < -0.3 is 18.8 Å². The highest BCUT2D eigenvalue weighted by Crippen LogP contribution is 2.43. The molecule has 0 saturated carbocycles. The van der Waals surface area contributed by atoms with Gasteiger partial charge in [-0.3, -0.25) is 14.5 Å². The number of fused-ring (bicyclic) bond motifs is 3. The summed E-state index contributed by atoms with van der Waals surface area (Å²) in [6.07, 6.45) is 2.82. The Kier molecular flexibility index (Phi) is 7.05. The second kappa shape index (κ2) is 10.2. The van der Waals surface area contributed by atoms with E-state index in [2.05, 4.69) is 6.92 Å². The number of rotatable bonds is 9. The maximum absolute atomic E-state index is 13.9. The van der Waals surface area contributed by atoms with Crippen LogP contribution in [0, 0.1) is 5.92 Å². The van der Waals surface area contributed by atoms with Gasteiger partial charge in [0.05, 0.1) is 37.9 Å². The monoisotopic (exact) mass is 465 g/mol. The molecule has 0 spiro atoms. The minimum Gasteiger partial charge on any atom is -0.493 e. The Bertz CT molecular complexity index is 1190. The molecule has 3 aromatic rings. The third kappa shape index (κ3) is 4.08. The largest absolute Gasteiger partial charge is 0.493 e. The molecule has 0 radical (unpaired) electrons. The predicted molar refractivity (Wildman–Crippen MR) is 129 cm³/mol. The van der Waals surface area contributed by atoms with Crippen molar-refractivity contribution < 1.29 is 23.8 Å². The molecule has 4 rings (SSSR count). The van der Waals surface area contributed by atoms with Gasteiger partial charge in [0.2, 0.25) is 11.9 Å². The van der Waals surface area contributed by atoms with Crippen molar-refractivity contribution in [3.63, 3.8) is 0 Å². The summed E-state index contributed by atoms with van der Waals surface area (Å²) in [6.45, 7) is 4.54. The number of hydrogen-bond donors (Lipinski definition) is 0. The first-order valence-electron chi connectivity index (χ1n) is 11.7. The standard InChI is InChI=1S/C26H31N3O5/c1-5-7-10-15-28-24(30)22(25(31)34-6-2)23(17-13-14-20(32-3)21(16-17)33-4)29-19-12-9-8-11-18(19)27-26(28)29/h8-9,11-14,16,22-23H,5-7,10,15H2,1-4H3/t22-,23+/m0/s1. The SMILES string of the molecule is CCCCCN1C(=O)[C@@H](C(=O)OCC)[C@@H](c2ccc(OC)c(OC)c2)n2c1nc1ccccc12. The summed E-state index contributed by atoms with van der Waals surface area (Å²) in [5.74, 6) is -0.259. The Hall–Kier alpha value is -3.55. The molecular formula is C26H31N3O5. The van der Waals surface area contributed by atoms with Crippen LogP contribution in [0.5, 0.6) is 11.5 Å². The van der Waals surface area contributed by atoms with E-state index in [1.54, 1.807) is 32.1 Å². The first-order valence-corrected chi connectivity index (χ1v) is 11.7.